The fraction of sp³-hybridized carbons (Fsp3) is 0.417. The second-order valence-corrected chi connectivity index (χ2v) is 7.38. The van der Waals surface area contributed by atoms with E-state index in [9.17, 15) is 13.2 Å². The van der Waals surface area contributed by atoms with E-state index in [2.05, 4.69) is 15.9 Å². The van der Waals surface area contributed by atoms with Crippen molar-refractivity contribution in [1.82, 2.24) is 0 Å². The van der Waals surface area contributed by atoms with Crippen LogP contribution < -0.4 is 9.47 Å². The van der Waals surface area contributed by atoms with Crippen LogP contribution in [0.2, 0.25) is 0 Å². The van der Waals surface area contributed by atoms with Gasteiger partial charge in [0.25, 0.3) is 0 Å². The lowest BCUT2D eigenvalue weighted by Gasteiger charge is -2.16. The Morgan fingerprint density at radius 3 is 2.68 bits per heavy atom. The van der Waals surface area contributed by atoms with Gasteiger partial charge in [-0.05, 0) is 34.5 Å². The van der Waals surface area contributed by atoms with Gasteiger partial charge in [0, 0.05) is 5.56 Å². The third-order valence-corrected chi connectivity index (χ3v) is 5.19. The van der Waals surface area contributed by atoms with Gasteiger partial charge in [-0.15, -0.1) is 0 Å². The number of carbonyl (C=O) groups excluding carboxylic acids is 1. The number of methoxy groups -OCH3 is 1. The average Bonchev–Trinajstić information content (AvgIpc) is 2.71. The van der Waals surface area contributed by atoms with Crippen molar-refractivity contribution in [1.29, 1.82) is 0 Å². The lowest BCUT2D eigenvalue weighted by Crippen LogP contribution is -2.18. The summed E-state index contributed by atoms with van der Waals surface area (Å²) in [6.45, 7) is 0. The molecule has 0 bridgehead atoms. The van der Waals surface area contributed by atoms with Crippen LogP contribution in [0, 0.1) is 0 Å². The number of sulfone groups is 1. The van der Waals surface area contributed by atoms with Crippen LogP contribution in [0.25, 0.3) is 0 Å². The third-order valence-electron chi connectivity index (χ3n) is 2.86. The maximum atomic E-state index is 11.4. The van der Waals surface area contributed by atoms with Crippen molar-refractivity contribution in [3.63, 3.8) is 0 Å². The molecule has 2 rings (SSSR count). The number of halogens is 1. The number of hydrogen-bond donors (Lipinski definition) is 0. The molecule has 7 heteroatoms. The molecule has 5 nitrogen and oxygen atoms in total. The molecule has 1 atom stereocenters. The Hall–Kier alpha value is -1.08. The Bertz CT molecular complexity index is 596. The number of aldehydes is 1. The first-order valence-corrected chi connectivity index (χ1v) is 8.26. The molecule has 1 aliphatic heterocycles. The van der Waals surface area contributed by atoms with Crippen molar-refractivity contribution in [2.45, 2.75) is 12.5 Å². The Labute approximate surface area is 119 Å². The fourth-order valence-corrected chi connectivity index (χ4v) is 4.09. The predicted molar refractivity (Wildman–Crippen MR) is 73.8 cm³/mol. The molecule has 1 fully saturated rings. The zero-order chi connectivity index (χ0) is 14.0. The van der Waals surface area contributed by atoms with E-state index in [-0.39, 0.29) is 17.6 Å². The van der Waals surface area contributed by atoms with Gasteiger partial charge < -0.3 is 9.47 Å². The molecule has 1 aliphatic rings. The molecule has 0 N–H and O–H groups in total. The van der Waals surface area contributed by atoms with Gasteiger partial charge in [0.2, 0.25) is 0 Å². The smallest absolute Gasteiger partial charge is 0.175 e. The first kappa shape index (κ1) is 14.3. The molecule has 0 spiro atoms. The van der Waals surface area contributed by atoms with E-state index in [1.807, 2.05) is 0 Å². The van der Waals surface area contributed by atoms with Gasteiger partial charge in [-0.2, -0.15) is 0 Å². The molecule has 104 valence electrons. The van der Waals surface area contributed by atoms with Crippen molar-refractivity contribution >= 4 is 32.1 Å². The van der Waals surface area contributed by atoms with Crippen molar-refractivity contribution < 1.29 is 22.7 Å². The summed E-state index contributed by atoms with van der Waals surface area (Å²) in [5.74, 6) is 0.984. The zero-order valence-electron chi connectivity index (χ0n) is 10.3. The number of ether oxygens (including phenoxy) is 2. The van der Waals surface area contributed by atoms with Crippen LogP contribution in [0.3, 0.4) is 0 Å². The number of benzene rings is 1. The predicted octanol–water partition coefficient (Wildman–Crippen LogP) is 1.84. The topological polar surface area (TPSA) is 69.7 Å². The Morgan fingerprint density at radius 2 is 2.16 bits per heavy atom. The first-order valence-electron chi connectivity index (χ1n) is 5.65. The number of carbonyl (C=O) groups is 1. The van der Waals surface area contributed by atoms with Crippen LogP contribution in [0.5, 0.6) is 11.5 Å². The highest BCUT2D eigenvalue weighted by atomic mass is 79.9. The summed E-state index contributed by atoms with van der Waals surface area (Å²) in [6.07, 6.45) is 0.794. The van der Waals surface area contributed by atoms with E-state index < -0.39 is 9.84 Å². The highest BCUT2D eigenvalue weighted by Crippen LogP contribution is 2.38. The van der Waals surface area contributed by atoms with Crippen molar-refractivity contribution in [2.24, 2.45) is 0 Å². The standard InChI is InChI=1S/C12H13BrO5S/c1-17-11-5-8(6-14)4-10(13)12(11)18-9-2-3-19(15,16)7-9/h4-6,9H,2-3,7H2,1H3. The normalized spacial score (nSPS) is 21.1. The van der Waals surface area contributed by atoms with Crippen LogP contribution in [-0.2, 0) is 9.84 Å². The van der Waals surface area contributed by atoms with Gasteiger partial charge in [-0.1, -0.05) is 0 Å². The van der Waals surface area contributed by atoms with Crippen LogP contribution >= 0.6 is 15.9 Å². The highest BCUT2D eigenvalue weighted by Gasteiger charge is 2.30. The molecule has 1 unspecified atom stereocenters. The molecule has 1 aromatic carbocycles. The Kier molecular flexibility index (Phi) is 4.15. The largest absolute Gasteiger partial charge is 0.493 e. The van der Waals surface area contributed by atoms with Gasteiger partial charge in [0.15, 0.2) is 21.3 Å². The SMILES string of the molecule is COc1cc(C=O)cc(Br)c1OC1CCS(=O)(=O)C1. The summed E-state index contributed by atoms with van der Waals surface area (Å²) in [6, 6.07) is 3.16. The monoisotopic (exact) mass is 348 g/mol. The summed E-state index contributed by atoms with van der Waals surface area (Å²) in [4.78, 5) is 10.8. The second-order valence-electron chi connectivity index (χ2n) is 4.29. The van der Waals surface area contributed by atoms with Gasteiger partial charge in [-0.3, -0.25) is 4.79 Å². The zero-order valence-corrected chi connectivity index (χ0v) is 12.7. The molecular weight excluding hydrogens is 336 g/mol. The molecule has 0 radical (unpaired) electrons. The third kappa shape index (κ3) is 3.27. The van der Waals surface area contributed by atoms with E-state index in [0.29, 0.717) is 34.2 Å². The van der Waals surface area contributed by atoms with E-state index in [0.717, 1.165) is 0 Å². The van der Waals surface area contributed by atoms with Gasteiger partial charge >= 0.3 is 0 Å². The van der Waals surface area contributed by atoms with E-state index >= 15 is 0 Å². The van der Waals surface area contributed by atoms with Crippen LogP contribution in [0.4, 0.5) is 0 Å². The minimum Gasteiger partial charge on any atom is -0.493 e. The van der Waals surface area contributed by atoms with Gasteiger partial charge in [0.05, 0.1) is 23.1 Å². The number of rotatable bonds is 4. The molecule has 0 saturated carbocycles. The minimum atomic E-state index is -3.00. The molecular formula is C12H13BrO5S. The summed E-state index contributed by atoms with van der Waals surface area (Å²) < 4.78 is 34.2. The van der Waals surface area contributed by atoms with Crippen LogP contribution in [0.1, 0.15) is 16.8 Å². The molecule has 1 heterocycles. The fourth-order valence-electron chi connectivity index (χ4n) is 1.94. The summed E-state index contributed by atoms with van der Waals surface area (Å²) in [5.41, 5.74) is 0.454. The van der Waals surface area contributed by atoms with E-state index in [4.69, 9.17) is 9.47 Å². The van der Waals surface area contributed by atoms with Gasteiger partial charge in [-0.25, -0.2) is 8.42 Å². The van der Waals surface area contributed by atoms with E-state index in [1.165, 1.54) is 7.11 Å². The molecule has 0 amide bonds. The van der Waals surface area contributed by atoms with E-state index in [1.54, 1.807) is 12.1 Å². The summed E-state index contributed by atoms with van der Waals surface area (Å²) >= 11 is 3.30. The van der Waals surface area contributed by atoms with Crippen molar-refractivity contribution in [3.05, 3.63) is 22.2 Å². The Morgan fingerprint density at radius 1 is 1.42 bits per heavy atom. The van der Waals surface area contributed by atoms with Crippen molar-refractivity contribution in [2.75, 3.05) is 18.6 Å². The maximum absolute atomic E-state index is 11.4. The molecule has 1 saturated heterocycles. The van der Waals surface area contributed by atoms with Crippen LogP contribution in [0.15, 0.2) is 16.6 Å². The first-order chi connectivity index (χ1) is 8.95. The lowest BCUT2D eigenvalue weighted by atomic mass is 10.2. The maximum Gasteiger partial charge on any atom is 0.175 e. The van der Waals surface area contributed by atoms with Gasteiger partial charge in [0.1, 0.15) is 12.4 Å². The van der Waals surface area contributed by atoms with Crippen molar-refractivity contribution in [3.8, 4) is 11.5 Å². The highest BCUT2D eigenvalue weighted by molar-refractivity contribution is 9.10. The molecule has 19 heavy (non-hydrogen) atoms. The average molecular weight is 349 g/mol. The molecule has 0 aliphatic carbocycles. The molecule has 0 aromatic heterocycles. The lowest BCUT2D eigenvalue weighted by molar-refractivity contribution is 0.112. The summed E-state index contributed by atoms with van der Waals surface area (Å²) in [5, 5.41) is 0. The van der Waals surface area contributed by atoms with Crippen LogP contribution in [-0.4, -0.2) is 39.4 Å². The summed E-state index contributed by atoms with van der Waals surface area (Å²) in [7, 11) is -1.53. The second kappa shape index (κ2) is 5.50. The Balaban J connectivity index is 2.27. The molecule has 1 aromatic rings. The number of hydrogen-bond acceptors (Lipinski definition) is 5. The quantitative estimate of drug-likeness (QED) is 0.776. The minimum absolute atomic E-state index is 0.0119.